The maximum absolute atomic E-state index is 5.37. The molecule has 0 aromatic carbocycles. The van der Waals surface area contributed by atoms with Crippen LogP contribution in [0.4, 0.5) is 5.95 Å². The third-order valence-corrected chi connectivity index (χ3v) is 4.91. The first-order valence-electron chi connectivity index (χ1n) is 5.41. The van der Waals surface area contributed by atoms with Crippen LogP contribution >= 0.6 is 34.9 Å². The van der Waals surface area contributed by atoms with Crippen LogP contribution in [0.3, 0.4) is 0 Å². The fourth-order valence-electron chi connectivity index (χ4n) is 1.27. The van der Waals surface area contributed by atoms with Crippen LogP contribution in [-0.2, 0) is 0 Å². The van der Waals surface area contributed by atoms with Crippen LogP contribution < -0.4 is 11.3 Å². The lowest BCUT2D eigenvalue weighted by atomic mass is 10.8. The van der Waals surface area contributed by atoms with Crippen LogP contribution in [0, 0.1) is 0 Å². The van der Waals surface area contributed by atoms with Crippen LogP contribution in [0.15, 0.2) is 26.5 Å². The van der Waals surface area contributed by atoms with Gasteiger partial charge in [0.1, 0.15) is 12.7 Å². The van der Waals surface area contributed by atoms with Gasteiger partial charge < -0.3 is 0 Å². The highest BCUT2D eigenvalue weighted by Gasteiger charge is 2.12. The maximum Gasteiger partial charge on any atom is 0.257 e. The zero-order valence-corrected chi connectivity index (χ0v) is 13.0. The molecule has 0 atom stereocenters. The van der Waals surface area contributed by atoms with Crippen molar-refractivity contribution >= 4 is 40.8 Å². The Morgan fingerprint density at radius 2 is 2.10 bits per heavy atom. The number of nitrogens with zero attached hydrogens (tertiary/aromatic N) is 8. The Morgan fingerprint density at radius 1 is 1.24 bits per heavy atom. The van der Waals surface area contributed by atoms with Crippen LogP contribution in [0.25, 0.3) is 5.95 Å². The number of hydrazine groups is 1. The summed E-state index contributed by atoms with van der Waals surface area (Å²) in [5.41, 5.74) is 2.40. The van der Waals surface area contributed by atoms with Crippen molar-refractivity contribution in [2.45, 2.75) is 13.8 Å². The second-order valence-corrected chi connectivity index (χ2v) is 6.61. The number of thioether (sulfide) groups is 1. The molecule has 0 saturated heterocycles. The first-order valence-corrected chi connectivity index (χ1v) is 8.27. The molecule has 10 nitrogen and oxygen atoms in total. The lowest BCUT2D eigenvalue weighted by Crippen LogP contribution is -2.14. The largest absolute Gasteiger partial charge is 0.292 e. The minimum absolute atomic E-state index is 0.229. The Kier molecular flexibility index (Phi) is 4.23. The van der Waals surface area contributed by atoms with Crippen LogP contribution in [-0.4, -0.2) is 46.2 Å². The average molecular weight is 340 g/mol. The van der Waals surface area contributed by atoms with E-state index in [0.717, 1.165) is 8.68 Å². The summed E-state index contributed by atoms with van der Waals surface area (Å²) in [6.45, 7) is 0. The summed E-state index contributed by atoms with van der Waals surface area (Å²) in [4.78, 5) is 16.4. The van der Waals surface area contributed by atoms with Crippen molar-refractivity contribution in [3.8, 4) is 5.95 Å². The molecule has 21 heavy (non-hydrogen) atoms. The third-order valence-electron chi connectivity index (χ3n) is 2.10. The van der Waals surface area contributed by atoms with Crippen molar-refractivity contribution in [3.05, 3.63) is 12.7 Å². The van der Waals surface area contributed by atoms with Crippen LogP contribution in [0.1, 0.15) is 0 Å². The summed E-state index contributed by atoms with van der Waals surface area (Å²) in [5, 5.41) is 12.5. The molecular formula is C8H8N10S3. The molecule has 0 saturated carbocycles. The summed E-state index contributed by atoms with van der Waals surface area (Å²) < 4.78 is 3.03. The molecule has 0 unspecified atom stereocenters. The second-order valence-electron chi connectivity index (χ2n) is 3.37. The molecule has 0 radical (unpaired) electrons. The highest BCUT2D eigenvalue weighted by molar-refractivity contribution is 8.02. The molecule has 0 amide bonds. The Hall–Kier alpha value is -1.83. The summed E-state index contributed by atoms with van der Waals surface area (Å²) in [7, 11) is 0. The van der Waals surface area contributed by atoms with Crippen molar-refractivity contribution < 1.29 is 0 Å². The molecule has 3 aromatic rings. The number of nitrogens with one attached hydrogen (secondary N) is 1. The molecule has 0 bridgehead atoms. The second kappa shape index (κ2) is 6.30. The third kappa shape index (κ3) is 3.26. The Bertz CT molecular complexity index is 726. The van der Waals surface area contributed by atoms with E-state index >= 15 is 0 Å². The minimum atomic E-state index is 0.229. The Morgan fingerprint density at radius 3 is 2.76 bits per heavy atom. The number of nitrogens with two attached hydrogens (primary N) is 1. The van der Waals surface area contributed by atoms with E-state index in [4.69, 9.17) is 5.84 Å². The van der Waals surface area contributed by atoms with Gasteiger partial charge >= 0.3 is 0 Å². The number of rotatable bonds is 5. The SMILES string of the molecule is CSc1nnc(Sc2nc(NN)nc(-n3cncn3)n2)s1. The fourth-order valence-corrected chi connectivity index (χ4v) is 3.56. The van der Waals surface area contributed by atoms with Gasteiger partial charge in [0.2, 0.25) is 11.1 Å². The van der Waals surface area contributed by atoms with Gasteiger partial charge in [-0.05, 0) is 18.0 Å². The molecule has 13 heteroatoms. The highest BCUT2D eigenvalue weighted by atomic mass is 32.2. The predicted octanol–water partition coefficient (Wildman–Crippen LogP) is 0.462. The first kappa shape index (κ1) is 14.1. The molecule has 3 rings (SSSR count). The normalized spacial score (nSPS) is 10.8. The molecule has 0 fully saturated rings. The van der Waals surface area contributed by atoms with E-state index in [1.54, 1.807) is 0 Å². The molecule has 0 aliphatic heterocycles. The number of aromatic nitrogens is 8. The Balaban J connectivity index is 1.92. The van der Waals surface area contributed by atoms with E-state index in [2.05, 4.69) is 40.7 Å². The van der Waals surface area contributed by atoms with Crippen molar-refractivity contribution in [2.24, 2.45) is 5.84 Å². The highest BCUT2D eigenvalue weighted by Crippen LogP contribution is 2.31. The van der Waals surface area contributed by atoms with Crippen LogP contribution in [0.2, 0.25) is 0 Å². The first-order chi connectivity index (χ1) is 10.3. The number of hydrogen-bond acceptors (Lipinski definition) is 12. The molecule has 0 aliphatic carbocycles. The van der Waals surface area contributed by atoms with Crippen molar-refractivity contribution in [3.63, 3.8) is 0 Å². The Labute approximate surface area is 131 Å². The van der Waals surface area contributed by atoms with Gasteiger partial charge in [-0.15, -0.1) is 10.2 Å². The van der Waals surface area contributed by atoms with Gasteiger partial charge in [0.05, 0.1) is 0 Å². The molecule has 3 N–H and O–H groups in total. The number of anilines is 1. The van der Waals surface area contributed by atoms with Gasteiger partial charge in [-0.2, -0.15) is 24.7 Å². The molecular weight excluding hydrogens is 332 g/mol. The monoisotopic (exact) mass is 340 g/mol. The summed E-state index contributed by atoms with van der Waals surface area (Å²) in [6, 6.07) is 0. The lowest BCUT2D eigenvalue weighted by Gasteiger charge is -2.04. The molecule has 108 valence electrons. The fraction of sp³-hybridized carbons (Fsp3) is 0.125. The number of hydrogen-bond donors (Lipinski definition) is 2. The zero-order valence-electron chi connectivity index (χ0n) is 10.5. The topological polar surface area (TPSA) is 133 Å². The van der Waals surface area contributed by atoms with Crippen LogP contribution in [0.5, 0.6) is 0 Å². The van der Waals surface area contributed by atoms with E-state index in [0.29, 0.717) is 11.1 Å². The molecule has 0 spiro atoms. The van der Waals surface area contributed by atoms with Gasteiger partial charge in [0, 0.05) is 0 Å². The predicted molar refractivity (Wildman–Crippen MR) is 78.4 cm³/mol. The van der Waals surface area contributed by atoms with E-state index in [-0.39, 0.29) is 5.95 Å². The summed E-state index contributed by atoms with van der Waals surface area (Å²) in [6.07, 6.45) is 4.82. The molecule has 0 aliphatic rings. The van der Waals surface area contributed by atoms with Gasteiger partial charge in [-0.25, -0.2) is 10.8 Å². The number of nitrogen functional groups attached to an aromatic ring is 1. The molecule has 3 aromatic heterocycles. The van der Waals surface area contributed by atoms with E-state index in [9.17, 15) is 0 Å². The van der Waals surface area contributed by atoms with Gasteiger partial charge in [-0.1, -0.05) is 23.1 Å². The van der Waals surface area contributed by atoms with Gasteiger partial charge in [0.25, 0.3) is 5.95 Å². The van der Waals surface area contributed by atoms with E-state index < -0.39 is 0 Å². The standard InChI is InChI=1S/C8H8N10S3/c1-19-7-16-17-8(21-7)20-6-13-4(15-9)12-5(14-6)18-3-10-2-11-18/h2-3H,9H2,1H3,(H,12,13,14,15). The lowest BCUT2D eigenvalue weighted by molar-refractivity contribution is 0.759. The average Bonchev–Trinajstić information content (AvgIpc) is 3.18. The van der Waals surface area contributed by atoms with Gasteiger partial charge in [0.15, 0.2) is 8.68 Å². The smallest absolute Gasteiger partial charge is 0.257 e. The van der Waals surface area contributed by atoms with Crippen molar-refractivity contribution in [1.29, 1.82) is 0 Å². The maximum atomic E-state index is 5.37. The summed E-state index contributed by atoms with van der Waals surface area (Å²) in [5.74, 6) is 5.92. The minimum Gasteiger partial charge on any atom is -0.292 e. The summed E-state index contributed by atoms with van der Waals surface area (Å²) >= 11 is 4.27. The van der Waals surface area contributed by atoms with Crippen molar-refractivity contribution in [1.82, 2.24) is 39.9 Å². The van der Waals surface area contributed by atoms with Crippen molar-refractivity contribution in [2.75, 3.05) is 11.7 Å². The van der Waals surface area contributed by atoms with E-state index in [1.807, 2.05) is 6.26 Å². The molecule has 3 heterocycles. The zero-order chi connectivity index (χ0) is 14.7. The quantitative estimate of drug-likeness (QED) is 0.381. The van der Waals surface area contributed by atoms with Gasteiger partial charge in [-0.3, -0.25) is 5.43 Å². The van der Waals surface area contributed by atoms with E-state index in [1.165, 1.54) is 52.2 Å².